The van der Waals surface area contributed by atoms with Crippen molar-refractivity contribution < 1.29 is 24.2 Å². The molecular weight excluding hydrogens is 276 g/mol. The fraction of sp³-hybridized carbons (Fsp3) is 0.357. The minimum absolute atomic E-state index is 0.00546. The number of carboxylic acids is 1. The zero-order chi connectivity index (χ0) is 15.8. The molecule has 7 heteroatoms. The molecule has 0 unspecified atom stereocenters. The number of hydrogen-bond donors (Lipinski definition) is 2. The van der Waals surface area contributed by atoms with E-state index in [1.807, 2.05) is 0 Å². The average molecular weight is 294 g/mol. The van der Waals surface area contributed by atoms with Gasteiger partial charge in [0, 0.05) is 25.6 Å². The first-order valence-electron chi connectivity index (χ1n) is 6.37. The third kappa shape index (κ3) is 5.52. The number of methoxy groups -OCH3 is 1. The number of nitrogens with zero attached hydrogens (tertiary/aromatic N) is 1. The van der Waals surface area contributed by atoms with Gasteiger partial charge in [-0.2, -0.15) is 0 Å². The van der Waals surface area contributed by atoms with Crippen molar-refractivity contribution in [2.75, 3.05) is 19.1 Å². The minimum Gasteiger partial charge on any atom is -0.497 e. The van der Waals surface area contributed by atoms with Gasteiger partial charge in [-0.15, -0.1) is 0 Å². The minimum atomic E-state index is -0.968. The highest BCUT2D eigenvalue weighted by molar-refractivity contribution is 6.02. The van der Waals surface area contributed by atoms with Crippen LogP contribution < -0.4 is 15.0 Å². The van der Waals surface area contributed by atoms with Crippen LogP contribution in [0, 0.1) is 0 Å². The van der Waals surface area contributed by atoms with Crippen LogP contribution in [-0.2, 0) is 9.59 Å². The summed E-state index contributed by atoms with van der Waals surface area (Å²) in [5.41, 5.74) is 0.603. The molecule has 114 valence electrons. The van der Waals surface area contributed by atoms with Crippen LogP contribution in [0.5, 0.6) is 5.75 Å². The highest BCUT2D eigenvalue weighted by Gasteiger charge is 2.14. The zero-order valence-electron chi connectivity index (χ0n) is 12.0. The van der Waals surface area contributed by atoms with Crippen LogP contribution in [0.25, 0.3) is 0 Å². The van der Waals surface area contributed by atoms with Gasteiger partial charge in [-0.05, 0) is 30.7 Å². The Labute approximate surface area is 122 Å². The van der Waals surface area contributed by atoms with Crippen LogP contribution >= 0.6 is 0 Å². The number of aliphatic carboxylic acids is 1. The maximum Gasteiger partial charge on any atom is 0.328 e. The van der Waals surface area contributed by atoms with Crippen molar-refractivity contribution in [1.29, 1.82) is 0 Å². The standard InChI is InChI=1S/C14H18N2O5/c1-16(10-6-8-11(21-2)9-7-10)14(20)15-12(17)4-3-5-13(18)19/h6-9H,3-5H2,1-2H3,(H,18,19)(H,15,17,20). The predicted octanol–water partition coefficient (Wildman–Crippen LogP) is 1.62. The number of carboxylic acid groups (broad SMARTS) is 1. The maximum atomic E-state index is 11.9. The third-order valence-corrected chi connectivity index (χ3v) is 2.81. The van der Waals surface area contributed by atoms with Gasteiger partial charge in [-0.25, -0.2) is 4.79 Å². The maximum absolute atomic E-state index is 11.9. The molecule has 21 heavy (non-hydrogen) atoms. The Balaban J connectivity index is 2.49. The van der Waals surface area contributed by atoms with Gasteiger partial charge < -0.3 is 9.84 Å². The molecule has 0 fully saturated rings. The van der Waals surface area contributed by atoms with E-state index in [-0.39, 0.29) is 19.3 Å². The van der Waals surface area contributed by atoms with Crippen LogP contribution in [0.2, 0.25) is 0 Å². The Morgan fingerprint density at radius 3 is 2.33 bits per heavy atom. The zero-order valence-corrected chi connectivity index (χ0v) is 12.0. The number of rotatable bonds is 6. The number of urea groups is 1. The first kappa shape index (κ1) is 16.5. The number of anilines is 1. The second-order valence-electron chi connectivity index (χ2n) is 4.36. The van der Waals surface area contributed by atoms with Crippen molar-refractivity contribution in [3.8, 4) is 5.75 Å². The summed E-state index contributed by atoms with van der Waals surface area (Å²) in [4.78, 5) is 35.0. The largest absolute Gasteiger partial charge is 0.497 e. The SMILES string of the molecule is COc1ccc(N(C)C(=O)NC(=O)CCCC(=O)O)cc1. The second kappa shape index (κ2) is 7.88. The predicted molar refractivity (Wildman–Crippen MR) is 76.4 cm³/mol. The molecule has 0 aliphatic rings. The van der Waals surface area contributed by atoms with Crippen molar-refractivity contribution in [2.24, 2.45) is 0 Å². The van der Waals surface area contributed by atoms with Crippen LogP contribution in [-0.4, -0.2) is 37.2 Å². The molecule has 0 spiro atoms. The quantitative estimate of drug-likeness (QED) is 0.831. The Kier molecular flexibility index (Phi) is 6.19. The van der Waals surface area contributed by atoms with Gasteiger partial charge in [0.2, 0.25) is 5.91 Å². The molecule has 1 rings (SSSR count). The fourth-order valence-electron chi connectivity index (χ4n) is 1.59. The highest BCUT2D eigenvalue weighted by Crippen LogP contribution is 2.18. The van der Waals surface area contributed by atoms with E-state index in [1.54, 1.807) is 31.4 Å². The molecule has 1 aromatic carbocycles. The monoisotopic (exact) mass is 294 g/mol. The van der Waals surface area contributed by atoms with Crippen molar-refractivity contribution in [3.63, 3.8) is 0 Å². The molecular formula is C14H18N2O5. The summed E-state index contributed by atoms with van der Waals surface area (Å²) in [5.74, 6) is -0.802. The molecule has 0 atom stereocenters. The number of carbonyl (C=O) groups excluding carboxylic acids is 2. The van der Waals surface area contributed by atoms with Crippen molar-refractivity contribution >= 4 is 23.6 Å². The summed E-state index contributed by atoms with van der Waals surface area (Å²) in [6.45, 7) is 0. The van der Waals surface area contributed by atoms with Gasteiger partial charge in [0.15, 0.2) is 0 Å². The molecule has 0 aromatic heterocycles. The molecule has 0 aliphatic heterocycles. The average Bonchev–Trinajstić information content (AvgIpc) is 2.46. The van der Waals surface area contributed by atoms with Gasteiger partial charge in [0.05, 0.1) is 7.11 Å². The lowest BCUT2D eigenvalue weighted by atomic mass is 10.2. The number of ether oxygens (including phenoxy) is 1. The summed E-state index contributed by atoms with van der Waals surface area (Å²) in [6.07, 6.45) is 0.0884. The first-order valence-corrected chi connectivity index (χ1v) is 6.37. The van der Waals surface area contributed by atoms with Crippen LogP contribution in [0.15, 0.2) is 24.3 Å². The summed E-state index contributed by atoms with van der Waals surface area (Å²) in [7, 11) is 3.07. The molecule has 2 N–H and O–H groups in total. The van der Waals surface area contributed by atoms with E-state index in [2.05, 4.69) is 5.32 Å². The van der Waals surface area contributed by atoms with Gasteiger partial charge in [0.1, 0.15) is 5.75 Å². The Morgan fingerprint density at radius 2 is 1.81 bits per heavy atom. The van der Waals surface area contributed by atoms with E-state index in [0.29, 0.717) is 11.4 Å². The fourth-order valence-corrected chi connectivity index (χ4v) is 1.59. The number of imide groups is 1. The van der Waals surface area contributed by atoms with Crippen LogP contribution in [0.3, 0.4) is 0 Å². The summed E-state index contributed by atoms with van der Waals surface area (Å²) >= 11 is 0. The van der Waals surface area contributed by atoms with E-state index in [9.17, 15) is 14.4 Å². The second-order valence-corrected chi connectivity index (χ2v) is 4.36. The van der Waals surface area contributed by atoms with E-state index >= 15 is 0 Å². The molecule has 0 saturated heterocycles. The highest BCUT2D eigenvalue weighted by atomic mass is 16.5. The lowest BCUT2D eigenvalue weighted by Crippen LogP contribution is -2.40. The van der Waals surface area contributed by atoms with Gasteiger partial charge in [0.25, 0.3) is 0 Å². The number of nitrogens with one attached hydrogen (secondary N) is 1. The summed E-state index contributed by atoms with van der Waals surface area (Å²) in [6, 6.07) is 6.21. The molecule has 0 heterocycles. The van der Waals surface area contributed by atoms with Crippen molar-refractivity contribution in [1.82, 2.24) is 5.32 Å². The molecule has 0 radical (unpaired) electrons. The van der Waals surface area contributed by atoms with Crippen LogP contribution in [0.4, 0.5) is 10.5 Å². The third-order valence-electron chi connectivity index (χ3n) is 2.81. The summed E-state index contributed by atoms with van der Waals surface area (Å²) in [5, 5.41) is 10.7. The lowest BCUT2D eigenvalue weighted by molar-refractivity contribution is -0.137. The molecule has 7 nitrogen and oxygen atoms in total. The lowest BCUT2D eigenvalue weighted by Gasteiger charge is -2.17. The Morgan fingerprint density at radius 1 is 1.19 bits per heavy atom. The smallest absolute Gasteiger partial charge is 0.328 e. The Bertz CT molecular complexity index is 513. The molecule has 3 amide bonds. The topological polar surface area (TPSA) is 95.9 Å². The first-order chi connectivity index (χ1) is 9.93. The number of hydrogen-bond acceptors (Lipinski definition) is 4. The van der Waals surface area contributed by atoms with Crippen LogP contribution in [0.1, 0.15) is 19.3 Å². The number of carbonyl (C=O) groups is 3. The van der Waals surface area contributed by atoms with E-state index in [0.717, 1.165) is 0 Å². The van der Waals surface area contributed by atoms with Gasteiger partial charge in [-0.3, -0.25) is 19.8 Å². The van der Waals surface area contributed by atoms with Crippen molar-refractivity contribution in [2.45, 2.75) is 19.3 Å². The Hall–Kier alpha value is -2.57. The molecule has 0 bridgehead atoms. The number of benzene rings is 1. The molecule has 1 aromatic rings. The number of amides is 3. The van der Waals surface area contributed by atoms with Gasteiger partial charge >= 0.3 is 12.0 Å². The van der Waals surface area contributed by atoms with Crippen molar-refractivity contribution in [3.05, 3.63) is 24.3 Å². The van der Waals surface area contributed by atoms with E-state index < -0.39 is 17.9 Å². The van der Waals surface area contributed by atoms with E-state index in [4.69, 9.17) is 9.84 Å². The van der Waals surface area contributed by atoms with Gasteiger partial charge in [-0.1, -0.05) is 0 Å². The van der Waals surface area contributed by atoms with E-state index in [1.165, 1.54) is 11.9 Å². The molecule has 0 saturated carbocycles. The summed E-state index contributed by atoms with van der Waals surface area (Å²) < 4.78 is 5.02. The normalized spacial score (nSPS) is 9.81. The molecule has 0 aliphatic carbocycles.